The highest BCUT2D eigenvalue weighted by atomic mass is 16.5. The van der Waals surface area contributed by atoms with Gasteiger partial charge in [-0.05, 0) is 24.1 Å². The maximum atomic E-state index is 11.6. The van der Waals surface area contributed by atoms with Crippen LogP contribution in [-0.4, -0.2) is 31.5 Å². The molecule has 122 valence electrons. The van der Waals surface area contributed by atoms with Gasteiger partial charge in [-0.3, -0.25) is 9.59 Å². The van der Waals surface area contributed by atoms with Gasteiger partial charge in [-0.1, -0.05) is 39.3 Å². The first kappa shape index (κ1) is 18.0. The Morgan fingerprint density at radius 1 is 1.09 bits per heavy atom. The Kier molecular flexibility index (Phi) is 8.04. The summed E-state index contributed by atoms with van der Waals surface area (Å²) in [5.74, 6) is 0.423. The van der Waals surface area contributed by atoms with Crippen molar-refractivity contribution >= 4 is 11.8 Å². The molecule has 0 spiro atoms. The van der Waals surface area contributed by atoms with Crippen molar-refractivity contribution in [2.24, 2.45) is 5.92 Å². The van der Waals surface area contributed by atoms with Crippen LogP contribution in [0.3, 0.4) is 0 Å². The predicted octanol–water partition coefficient (Wildman–Crippen LogP) is 1.91. The van der Waals surface area contributed by atoms with Crippen molar-refractivity contribution in [3.8, 4) is 5.75 Å². The molecule has 0 fully saturated rings. The first-order valence-electron chi connectivity index (χ1n) is 7.79. The first-order chi connectivity index (χ1) is 10.5. The Morgan fingerprint density at radius 3 is 2.32 bits per heavy atom. The molecule has 0 heterocycles. The molecule has 0 atom stereocenters. The fourth-order valence-electron chi connectivity index (χ4n) is 1.83. The highest BCUT2D eigenvalue weighted by Gasteiger charge is 2.06. The summed E-state index contributed by atoms with van der Waals surface area (Å²) < 4.78 is 5.42. The van der Waals surface area contributed by atoms with E-state index in [1.54, 1.807) is 0 Å². The lowest BCUT2D eigenvalue weighted by Gasteiger charge is -2.10. The lowest BCUT2D eigenvalue weighted by molar-refractivity contribution is -0.125. The lowest BCUT2D eigenvalue weighted by Crippen LogP contribution is -2.38. The zero-order valence-corrected chi connectivity index (χ0v) is 13.6. The number of aryl methyl sites for hydroxylation is 1. The first-order valence-corrected chi connectivity index (χ1v) is 7.79. The molecule has 2 N–H and O–H groups in total. The third kappa shape index (κ3) is 7.11. The van der Waals surface area contributed by atoms with Gasteiger partial charge in [-0.25, -0.2) is 0 Å². The van der Waals surface area contributed by atoms with Crippen molar-refractivity contribution in [1.29, 1.82) is 0 Å². The predicted molar refractivity (Wildman–Crippen MR) is 86.8 cm³/mol. The summed E-state index contributed by atoms with van der Waals surface area (Å²) >= 11 is 0. The molecule has 0 aromatic heterocycles. The number of hydrogen-bond acceptors (Lipinski definition) is 3. The number of carbonyl (C=O) groups excluding carboxylic acids is 2. The van der Waals surface area contributed by atoms with Crippen LogP contribution in [0.25, 0.3) is 0 Å². The number of amides is 2. The summed E-state index contributed by atoms with van der Waals surface area (Å²) in [6.45, 7) is 6.59. The molecule has 2 amide bonds. The molecule has 0 aliphatic heterocycles. The second-order valence-electron chi connectivity index (χ2n) is 5.48. The van der Waals surface area contributed by atoms with Gasteiger partial charge in [0.2, 0.25) is 5.91 Å². The van der Waals surface area contributed by atoms with Crippen LogP contribution in [0.5, 0.6) is 5.75 Å². The summed E-state index contributed by atoms with van der Waals surface area (Å²) in [6.07, 6.45) is 2.15. The van der Waals surface area contributed by atoms with Crippen LogP contribution in [0.4, 0.5) is 0 Å². The van der Waals surface area contributed by atoms with Crippen molar-refractivity contribution in [3.05, 3.63) is 29.8 Å². The van der Waals surface area contributed by atoms with E-state index in [4.69, 9.17) is 4.74 Å². The highest BCUT2D eigenvalue weighted by molar-refractivity contribution is 5.78. The Balaban J connectivity index is 2.18. The zero-order valence-electron chi connectivity index (χ0n) is 13.6. The lowest BCUT2D eigenvalue weighted by atomic mass is 10.1. The molecule has 0 bridgehead atoms. The Labute approximate surface area is 132 Å². The van der Waals surface area contributed by atoms with Crippen LogP contribution in [0.1, 0.15) is 32.8 Å². The fourth-order valence-corrected chi connectivity index (χ4v) is 1.83. The molecule has 1 aromatic rings. The number of ether oxygens (including phenoxy) is 1. The molecule has 0 aliphatic rings. The van der Waals surface area contributed by atoms with Crippen LogP contribution >= 0.6 is 0 Å². The molecule has 1 rings (SSSR count). The minimum Gasteiger partial charge on any atom is -0.484 e. The van der Waals surface area contributed by atoms with E-state index in [2.05, 4.69) is 17.6 Å². The Morgan fingerprint density at radius 2 is 1.73 bits per heavy atom. The molecule has 5 nitrogen and oxygen atoms in total. The molecular weight excluding hydrogens is 280 g/mol. The minimum absolute atomic E-state index is 0.0160. The van der Waals surface area contributed by atoms with E-state index in [0.717, 1.165) is 12.8 Å². The molecule has 0 unspecified atom stereocenters. The van der Waals surface area contributed by atoms with Crippen molar-refractivity contribution in [3.63, 3.8) is 0 Å². The molecule has 1 aromatic carbocycles. The number of hydrogen-bond donors (Lipinski definition) is 2. The quantitative estimate of drug-likeness (QED) is 0.685. The second kappa shape index (κ2) is 9.82. The Hall–Kier alpha value is -2.04. The Bertz CT molecular complexity index is 469. The van der Waals surface area contributed by atoms with E-state index in [9.17, 15) is 9.59 Å². The van der Waals surface area contributed by atoms with E-state index in [0.29, 0.717) is 18.8 Å². The minimum atomic E-state index is -0.198. The van der Waals surface area contributed by atoms with E-state index in [-0.39, 0.29) is 24.3 Å². The number of nitrogens with one attached hydrogen (secondary N) is 2. The maximum absolute atomic E-state index is 11.6. The van der Waals surface area contributed by atoms with Gasteiger partial charge in [0.15, 0.2) is 6.61 Å². The zero-order chi connectivity index (χ0) is 16.4. The van der Waals surface area contributed by atoms with E-state index in [1.165, 1.54) is 5.56 Å². The molecule has 0 radical (unpaired) electrons. The van der Waals surface area contributed by atoms with E-state index in [1.807, 2.05) is 38.1 Å². The van der Waals surface area contributed by atoms with Crippen LogP contribution < -0.4 is 15.4 Å². The topological polar surface area (TPSA) is 67.4 Å². The summed E-state index contributed by atoms with van der Waals surface area (Å²) in [7, 11) is 0. The van der Waals surface area contributed by atoms with Gasteiger partial charge >= 0.3 is 0 Å². The average molecular weight is 306 g/mol. The van der Waals surface area contributed by atoms with Gasteiger partial charge in [-0.15, -0.1) is 0 Å². The molecule has 0 saturated carbocycles. The van der Waals surface area contributed by atoms with Gasteiger partial charge in [0.1, 0.15) is 5.75 Å². The maximum Gasteiger partial charge on any atom is 0.258 e. The number of rotatable bonds is 9. The highest BCUT2D eigenvalue weighted by Crippen LogP contribution is 2.13. The van der Waals surface area contributed by atoms with Crippen LogP contribution in [-0.2, 0) is 16.0 Å². The summed E-state index contributed by atoms with van der Waals surface area (Å²) in [5, 5.41) is 5.44. The largest absolute Gasteiger partial charge is 0.484 e. The summed E-state index contributed by atoms with van der Waals surface area (Å²) in [5.41, 5.74) is 1.26. The van der Waals surface area contributed by atoms with Crippen molar-refractivity contribution in [2.45, 2.75) is 33.6 Å². The van der Waals surface area contributed by atoms with Gasteiger partial charge in [0.25, 0.3) is 5.91 Å². The van der Waals surface area contributed by atoms with Gasteiger partial charge < -0.3 is 15.4 Å². The molecule has 22 heavy (non-hydrogen) atoms. The van der Waals surface area contributed by atoms with Crippen LogP contribution in [0, 0.1) is 5.92 Å². The van der Waals surface area contributed by atoms with Crippen molar-refractivity contribution < 1.29 is 14.3 Å². The second-order valence-corrected chi connectivity index (χ2v) is 5.48. The van der Waals surface area contributed by atoms with Crippen molar-refractivity contribution in [2.75, 3.05) is 19.7 Å². The van der Waals surface area contributed by atoms with Gasteiger partial charge in [0.05, 0.1) is 0 Å². The average Bonchev–Trinajstić information content (AvgIpc) is 2.50. The third-order valence-corrected chi connectivity index (χ3v) is 3.10. The number of carbonyl (C=O) groups is 2. The number of benzene rings is 1. The normalized spacial score (nSPS) is 10.4. The fraction of sp³-hybridized carbons (Fsp3) is 0.529. The van der Waals surface area contributed by atoms with Gasteiger partial charge in [-0.2, -0.15) is 0 Å². The molecule has 0 aliphatic carbocycles. The van der Waals surface area contributed by atoms with Gasteiger partial charge in [0, 0.05) is 19.0 Å². The molecule has 0 saturated heterocycles. The third-order valence-electron chi connectivity index (χ3n) is 3.10. The van der Waals surface area contributed by atoms with E-state index < -0.39 is 0 Å². The SMILES string of the molecule is CCCc1ccc(OCC(=O)NCCNC(=O)C(C)C)cc1. The summed E-state index contributed by atoms with van der Waals surface area (Å²) in [6, 6.07) is 7.78. The standard InChI is InChI=1S/C17H26N2O3/c1-4-5-14-6-8-15(9-7-14)22-12-16(20)18-10-11-19-17(21)13(2)3/h6-9,13H,4-5,10-12H2,1-3H3,(H,18,20)(H,19,21). The van der Waals surface area contributed by atoms with Crippen LogP contribution in [0.15, 0.2) is 24.3 Å². The summed E-state index contributed by atoms with van der Waals surface area (Å²) in [4.78, 5) is 22.9. The van der Waals surface area contributed by atoms with Crippen molar-refractivity contribution in [1.82, 2.24) is 10.6 Å². The monoisotopic (exact) mass is 306 g/mol. The van der Waals surface area contributed by atoms with Crippen LogP contribution in [0.2, 0.25) is 0 Å². The smallest absolute Gasteiger partial charge is 0.258 e. The van der Waals surface area contributed by atoms with E-state index >= 15 is 0 Å². The molecule has 5 heteroatoms. The molecular formula is C17H26N2O3.